The Morgan fingerprint density at radius 3 is 2.54 bits per heavy atom. The van der Waals surface area contributed by atoms with E-state index in [1.807, 2.05) is 0 Å². The van der Waals surface area contributed by atoms with Gasteiger partial charge in [-0.3, -0.25) is 4.79 Å². The number of ether oxygens (including phenoxy) is 1. The van der Waals surface area contributed by atoms with Crippen molar-refractivity contribution in [2.24, 2.45) is 0 Å². The average Bonchev–Trinajstić information content (AvgIpc) is 3.20. The summed E-state index contributed by atoms with van der Waals surface area (Å²) in [6.07, 6.45) is 2.08. The number of nitrogens with one attached hydrogen (secondary N) is 2. The molecular formula is C18H28N3O4S+. The molecule has 2 aliphatic rings. The lowest BCUT2D eigenvalue weighted by Gasteiger charge is -2.30. The van der Waals surface area contributed by atoms with Gasteiger partial charge in [-0.15, -0.1) is 0 Å². The fourth-order valence-electron chi connectivity index (χ4n) is 3.44. The molecule has 2 heterocycles. The van der Waals surface area contributed by atoms with Gasteiger partial charge < -0.3 is 15.0 Å². The summed E-state index contributed by atoms with van der Waals surface area (Å²) >= 11 is 0. The second kappa shape index (κ2) is 8.47. The van der Waals surface area contributed by atoms with Crippen LogP contribution in [0.25, 0.3) is 0 Å². The maximum Gasteiger partial charge on any atom is 0.251 e. The van der Waals surface area contributed by atoms with Crippen LogP contribution in [0, 0.1) is 0 Å². The predicted molar refractivity (Wildman–Crippen MR) is 97.7 cm³/mol. The van der Waals surface area contributed by atoms with E-state index in [2.05, 4.69) is 12.2 Å². The SMILES string of the molecule is CC[NH+]1CCN(S(=O)(=O)c2ccc(C(=O)NC[C@H]3CCCO3)cc2)CC1. The monoisotopic (exact) mass is 382 g/mol. The first-order valence-electron chi connectivity index (χ1n) is 9.34. The molecule has 2 N–H and O–H groups in total. The standard InChI is InChI=1S/C18H27N3O4S/c1-2-20-9-11-21(12-10-20)26(23,24)17-7-5-15(6-8-17)18(22)19-14-16-4-3-13-25-16/h5-8,16H,2-4,9-14H2,1H3,(H,19,22)/p+1/t16-/m1/s1. The van der Waals surface area contributed by atoms with Crippen molar-refractivity contribution < 1.29 is 22.8 Å². The van der Waals surface area contributed by atoms with Crippen LogP contribution in [0.1, 0.15) is 30.1 Å². The molecule has 1 amide bonds. The van der Waals surface area contributed by atoms with Gasteiger partial charge in [-0.25, -0.2) is 8.42 Å². The molecule has 0 spiro atoms. The Morgan fingerprint density at radius 1 is 1.27 bits per heavy atom. The summed E-state index contributed by atoms with van der Waals surface area (Å²) in [4.78, 5) is 13.9. The first-order valence-corrected chi connectivity index (χ1v) is 10.8. The molecule has 2 saturated heterocycles. The third-order valence-electron chi connectivity index (χ3n) is 5.20. The summed E-state index contributed by atoms with van der Waals surface area (Å²) < 4.78 is 32.6. The quantitative estimate of drug-likeness (QED) is 0.696. The van der Waals surface area contributed by atoms with Crippen LogP contribution in [0.5, 0.6) is 0 Å². The van der Waals surface area contributed by atoms with Gasteiger partial charge in [0.05, 0.1) is 43.7 Å². The van der Waals surface area contributed by atoms with Crippen molar-refractivity contribution in [1.82, 2.24) is 9.62 Å². The lowest BCUT2D eigenvalue weighted by molar-refractivity contribution is -0.901. The topological polar surface area (TPSA) is 80.2 Å². The number of rotatable bonds is 6. The van der Waals surface area contributed by atoms with Crippen LogP contribution in [0.4, 0.5) is 0 Å². The van der Waals surface area contributed by atoms with E-state index in [9.17, 15) is 13.2 Å². The van der Waals surface area contributed by atoms with Crippen LogP contribution in [-0.2, 0) is 14.8 Å². The molecule has 1 aromatic rings. The van der Waals surface area contributed by atoms with Crippen molar-refractivity contribution >= 4 is 15.9 Å². The molecular weight excluding hydrogens is 354 g/mol. The molecule has 2 fully saturated rings. The Hall–Kier alpha value is -1.48. The van der Waals surface area contributed by atoms with Gasteiger partial charge in [-0.05, 0) is 44.0 Å². The Bertz CT molecular complexity index is 706. The number of amides is 1. The van der Waals surface area contributed by atoms with E-state index < -0.39 is 10.0 Å². The fourth-order valence-corrected chi connectivity index (χ4v) is 4.88. The highest BCUT2D eigenvalue weighted by Gasteiger charge is 2.29. The van der Waals surface area contributed by atoms with Crippen molar-refractivity contribution in [1.29, 1.82) is 0 Å². The number of likely N-dealkylation sites (N-methyl/N-ethyl adjacent to an activating group) is 1. The van der Waals surface area contributed by atoms with Crippen LogP contribution in [0.15, 0.2) is 29.2 Å². The van der Waals surface area contributed by atoms with Crippen molar-refractivity contribution in [3.05, 3.63) is 29.8 Å². The zero-order valence-electron chi connectivity index (χ0n) is 15.2. The number of carbonyl (C=O) groups is 1. The van der Waals surface area contributed by atoms with E-state index in [4.69, 9.17) is 4.74 Å². The maximum atomic E-state index is 12.8. The normalized spacial score (nSPS) is 22.4. The Morgan fingerprint density at radius 2 is 1.96 bits per heavy atom. The predicted octanol–water partition coefficient (Wildman–Crippen LogP) is -0.495. The molecule has 0 saturated carbocycles. The summed E-state index contributed by atoms with van der Waals surface area (Å²) in [5, 5.41) is 2.85. The second-order valence-corrected chi connectivity index (χ2v) is 8.82. The smallest absolute Gasteiger partial charge is 0.251 e. The number of benzene rings is 1. The van der Waals surface area contributed by atoms with Gasteiger partial charge in [0.2, 0.25) is 10.0 Å². The molecule has 2 aliphatic heterocycles. The van der Waals surface area contributed by atoms with Crippen LogP contribution < -0.4 is 10.2 Å². The zero-order valence-corrected chi connectivity index (χ0v) is 16.1. The van der Waals surface area contributed by atoms with Gasteiger partial charge in [0, 0.05) is 18.7 Å². The minimum absolute atomic E-state index is 0.0857. The largest absolute Gasteiger partial charge is 0.376 e. The molecule has 0 radical (unpaired) electrons. The fraction of sp³-hybridized carbons (Fsp3) is 0.611. The summed E-state index contributed by atoms with van der Waals surface area (Å²) in [7, 11) is -3.49. The lowest BCUT2D eigenvalue weighted by Crippen LogP contribution is -3.14. The van der Waals surface area contributed by atoms with Crippen molar-refractivity contribution in [2.75, 3.05) is 45.9 Å². The Labute approximate surface area is 155 Å². The van der Waals surface area contributed by atoms with Crippen LogP contribution in [-0.4, -0.2) is 70.6 Å². The molecule has 8 heteroatoms. The lowest BCUT2D eigenvalue weighted by atomic mass is 10.2. The summed E-state index contributed by atoms with van der Waals surface area (Å²) in [6.45, 7) is 7.11. The molecule has 0 aromatic heterocycles. The Balaban J connectivity index is 1.60. The first-order chi connectivity index (χ1) is 12.5. The van der Waals surface area contributed by atoms with Crippen LogP contribution >= 0.6 is 0 Å². The van der Waals surface area contributed by atoms with Gasteiger partial charge in [-0.2, -0.15) is 4.31 Å². The number of piperazine rings is 1. The first kappa shape index (κ1) is 19.3. The third-order valence-corrected chi connectivity index (χ3v) is 7.11. The Kier molecular flexibility index (Phi) is 6.29. The summed E-state index contributed by atoms with van der Waals surface area (Å²) in [5.41, 5.74) is 0.460. The van der Waals surface area contributed by atoms with Gasteiger partial charge in [0.25, 0.3) is 5.91 Å². The second-order valence-electron chi connectivity index (χ2n) is 6.88. The zero-order chi connectivity index (χ0) is 18.6. The van der Waals surface area contributed by atoms with E-state index in [1.54, 1.807) is 16.4 Å². The number of carbonyl (C=O) groups excluding carboxylic acids is 1. The number of hydrogen-bond acceptors (Lipinski definition) is 4. The molecule has 144 valence electrons. The summed E-state index contributed by atoms with van der Waals surface area (Å²) in [5.74, 6) is -0.204. The third kappa shape index (κ3) is 4.43. The number of nitrogens with zero attached hydrogens (tertiary/aromatic N) is 1. The van der Waals surface area contributed by atoms with E-state index in [0.717, 1.165) is 39.1 Å². The van der Waals surface area contributed by atoms with Crippen LogP contribution in [0.2, 0.25) is 0 Å². The van der Waals surface area contributed by atoms with E-state index in [0.29, 0.717) is 25.2 Å². The molecule has 0 bridgehead atoms. The van der Waals surface area contributed by atoms with Crippen molar-refractivity contribution in [3.63, 3.8) is 0 Å². The molecule has 1 aromatic carbocycles. The summed E-state index contributed by atoms with van der Waals surface area (Å²) in [6, 6.07) is 6.20. The highest BCUT2D eigenvalue weighted by Crippen LogP contribution is 2.17. The van der Waals surface area contributed by atoms with Crippen molar-refractivity contribution in [3.8, 4) is 0 Å². The molecule has 1 atom stereocenters. The van der Waals surface area contributed by atoms with E-state index in [1.165, 1.54) is 17.0 Å². The van der Waals surface area contributed by atoms with Crippen molar-refractivity contribution in [2.45, 2.75) is 30.8 Å². The number of quaternary nitrogens is 1. The molecule has 3 rings (SSSR count). The minimum atomic E-state index is -3.49. The van der Waals surface area contributed by atoms with E-state index >= 15 is 0 Å². The minimum Gasteiger partial charge on any atom is -0.376 e. The van der Waals surface area contributed by atoms with Gasteiger partial charge in [-0.1, -0.05) is 0 Å². The number of sulfonamides is 1. The van der Waals surface area contributed by atoms with Gasteiger partial charge in [0.15, 0.2) is 0 Å². The maximum absolute atomic E-state index is 12.8. The van der Waals surface area contributed by atoms with E-state index in [-0.39, 0.29) is 16.9 Å². The molecule has 26 heavy (non-hydrogen) atoms. The molecule has 0 unspecified atom stereocenters. The van der Waals surface area contributed by atoms with Crippen LogP contribution in [0.3, 0.4) is 0 Å². The molecule has 0 aliphatic carbocycles. The van der Waals surface area contributed by atoms with Gasteiger partial charge >= 0.3 is 0 Å². The highest BCUT2D eigenvalue weighted by atomic mass is 32.2. The van der Waals surface area contributed by atoms with Gasteiger partial charge in [0.1, 0.15) is 0 Å². The average molecular weight is 383 g/mol. The number of hydrogen-bond donors (Lipinski definition) is 2. The molecule has 7 nitrogen and oxygen atoms in total. The highest BCUT2D eigenvalue weighted by molar-refractivity contribution is 7.89.